The first-order valence-electron chi connectivity index (χ1n) is 33.4. The quantitative estimate of drug-likeness (QED) is 0.0343. The van der Waals surface area contributed by atoms with Crippen LogP contribution in [0.3, 0.4) is 0 Å². The number of carbonyl (C=O) groups excluding carboxylic acids is 3. The van der Waals surface area contributed by atoms with Crippen molar-refractivity contribution in [3.63, 3.8) is 0 Å². The Balaban J connectivity index is 4.28. The second-order valence-corrected chi connectivity index (χ2v) is 23.6. The first kappa shape index (κ1) is 71.4. The predicted octanol–water partition coefficient (Wildman–Crippen LogP) is 22.5. The topological polar surface area (TPSA) is 78.9 Å². The number of unbranched alkanes of at least 4 members (excludes halogenated alkanes) is 49. The van der Waals surface area contributed by atoms with Gasteiger partial charge in [-0.3, -0.25) is 14.4 Å². The molecule has 6 heteroatoms. The predicted molar refractivity (Wildman–Crippen MR) is 317 cm³/mol. The van der Waals surface area contributed by atoms with E-state index in [2.05, 4.69) is 27.7 Å². The molecule has 0 amide bonds. The van der Waals surface area contributed by atoms with Crippen molar-refractivity contribution in [2.24, 2.45) is 5.92 Å². The minimum atomic E-state index is -0.763. The summed E-state index contributed by atoms with van der Waals surface area (Å²) in [6.45, 7) is 9.11. The molecule has 0 aromatic rings. The van der Waals surface area contributed by atoms with Crippen molar-refractivity contribution in [2.45, 2.75) is 393 Å². The van der Waals surface area contributed by atoms with Crippen LogP contribution in [0.4, 0.5) is 0 Å². The average molecular weight is 1030 g/mol. The Labute approximate surface area is 457 Å². The molecule has 0 aliphatic heterocycles. The van der Waals surface area contributed by atoms with Crippen LogP contribution >= 0.6 is 0 Å². The normalized spacial score (nSPS) is 12.0. The van der Waals surface area contributed by atoms with Crippen LogP contribution in [-0.2, 0) is 28.6 Å². The van der Waals surface area contributed by atoms with Gasteiger partial charge in [-0.2, -0.15) is 0 Å². The molecule has 434 valence electrons. The van der Waals surface area contributed by atoms with Gasteiger partial charge in [0, 0.05) is 19.3 Å². The molecule has 0 saturated carbocycles. The summed E-state index contributed by atoms with van der Waals surface area (Å²) < 4.78 is 17.0. The summed E-state index contributed by atoms with van der Waals surface area (Å²) in [6.07, 6.45) is 69.7. The van der Waals surface area contributed by atoms with Crippen molar-refractivity contribution in [2.75, 3.05) is 13.2 Å². The first-order valence-corrected chi connectivity index (χ1v) is 33.4. The molecule has 0 spiro atoms. The molecule has 0 unspecified atom stereocenters. The summed E-state index contributed by atoms with van der Waals surface area (Å²) in [4.78, 5) is 38.4. The highest BCUT2D eigenvalue weighted by molar-refractivity contribution is 5.71. The van der Waals surface area contributed by atoms with Gasteiger partial charge in [0.2, 0.25) is 0 Å². The SMILES string of the molecule is CCCCCCCCCCCCCCCCCCCCCC(=O)OC[C@H](COC(=O)CCCCCCCCCCCCCCCCCCC)OC(=O)CCCCCCCCCCCCCCCCCCC(C)C. The zero-order valence-electron chi connectivity index (χ0n) is 50.1. The van der Waals surface area contributed by atoms with Crippen LogP contribution in [0.15, 0.2) is 0 Å². The molecule has 0 fully saturated rings. The van der Waals surface area contributed by atoms with Gasteiger partial charge in [0.05, 0.1) is 0 Å². The highest BCUT2D eigenvalue weighted by atomic mass is 16.6. The molecule has 0 aromatic carbocycles. The number of rotatable bonds is 62. The largest absolute Gasteiger partial charge is 0.462 e. The average Bonchev–Trinajstić information content (AvgIpc) is 3.38. The van der Waals surface area contributed by atoms with Crippen LogP contribution in [0.5, 0.6) is 0 Å². The van der Waals surface area contributed by atoms with Gasteiger partial charge in [-0.05, 0) is 25.2 Å². The monoisotopic (exact) mass is 1030 g/mol. The molecule has 0 radical (unpaired) electrons. The zero-order valence-corrected chi connectivity index (χ0v) is 50.1. The molecule has 0 saturated heterocycles. The molecule has 0 N–H and O–H groups in total. The van der Waals surface area contributed by atoms with Gasteiger partial charge in [-0.1, -0.05) is 349 Å². The number of carbonyl (C=O) groups is 3. The first-order chi connectivity index (χ1) is 35.9. The van der Waals surface area contributed by atoms with E-state index in [1.807, 2.05) is 0 Å². The second kappa shape index (κ2) is 61.3. The summed E-state index contributed by atoms with van der Waals surface area (Å²) >= 11 is 0. The van der Waals surface area contributed by atoms with E-state index in [4.69, 9.17) is 14.2 Å². The van der Waals surface area contributed by atoms with Crippen molar-refractivity contribution in [1.82, 2.24) is 0 Å². The Kier molecular flexibility index (Phi) is 59.9. The van der Waals surface area contributed by atoms with Crippen LogP contribution in [0, 0.1) is 5.92 Å². The van der Waals surface area contributed by atoms with E-state index >= 15 is 0 Å². The minimum absolute atomic E-state index is 0.0608. The maximum atomic E-state index is 12.9. The van der Waals surface area contributed by atoms with Gasteiger partial charge in [0.15, 0.2) is 6.10 Å². The van der Waals surface area contributed by atoms with Gasteiger partial charge in [0.1, 0.15) is 13.2 Å². The van der Waals surface area contributed by atoms with Crippen LogP contribution in [0.2, 0.25) is 0 Å². The fraction of sp³-hybridized carbons (Fsp3) is 0.955. The molecular formula is C67H130O6. The Morgan fingerprint density at radius 2 is 0.452 bits per heavy atom. The number of esters is 3. The third kappa shape index (κ3) is 61.1. The van der Waals surface area contributed by atoms with Crippen LogP contribution in [0.1, 0.15) is 387 Å². The van der Waals surface area contributed by atoms with Crippen molar-refractivity contribution < 1.29 is 28.6 Å². The lowest BCUT2D eigenvalue weighted by Crippen LogP contribution is -2.30. The Morgan fingerprint density at radius 1 is 0.260 bits per heavy atom. The van der Waals surface area contributed by atoms with Crippen LogP contribution in [-0.4, -0.2) is 37.2 Å². The molecular weight excluding hydrogens is 901 g/mol. The van der Waals surface area contributed by atoms with Gasteiger partial charge in [0.25, 0.3) is 0 Å². The van der Waals surface area contributed by atoms with E-state index in [1.54, 1.807) is 0 Å². The van der Waals surface area contributed by atoms with Crippen molar-refractivity contribution in [1.29, 1.82) is 0 Å². The molecule has 73 heavy (non-hydrogen) atoms. The van der Waals surface area contributed by atoms with Gasteiger partial charge >= 0.3 is 17.9 Å². The lowest BCUT2D eigenvalue weighted by atomic mass is 10.0. The molecule has 0 bridgehead atoms. The molecule has 0 aliphatic carbocycles. The van der Waals surface area contributed by atoms with Gasteiger partial charge < -0.3 is 14.2 Å². The number of ether oxygens (including phenoxy) is 3. The van der Waals surface area contributed by atoms with E-state index in [1.165, 1.54) is 283 Å². The van der Waals surface area contributed by atoms with Crippen LogP contribution in [0.25, 0.3) is 0 Å². The van der Waals surface area contributed by atoms with Crippen molar-refractivity contribution >= 4 is 17.9 Å². The lowest BCUT2D eigenvalue weighted by Gasteiger charge is -2.18. The molecule has 0 rings (SSSR count). The van der Waals surface area contributed by atoms with E-state index in [0.717, 1.165) is 63.7 Å². The number of hydrogen-bond acceptors (Lipinski definition) is 6. The third-order valence-corrected chi connectivity index (χ3v) is 15.5. The molecule has 0 heterocycles. The lowest BCUT2D eigenvalue weighted by molar-refractivity contribution is -0.167. The standard InChI is InChI=1S/C67H130O6/c1-5-7-9-11-13-15-17-19-21-23-24-26-31-35-39-43-47-51-55-59-66(69)72-62-64(61-71-65(68)58-54-50-46-42-38-34-30-25-22-20-18-16-14-12-10-8-6-2)73-67(70)60-56-52-48-44-40-36-32-28-27-29-33-37-41-45-49-53-57-63(3)4/h63-64H,5-62H2,1-4H3/t64-/m0/s1. The summed E-state index contributed by atoms with van der Waals surface area (Å²) in [5.74, 6) is 0.0280. The summed E-state index contributed by atoms with van der Waals surface area (Å²) in [5.41, 5.74) is 0. The van der Waals surface area contributed by atoms with Gasteiger partial charge in [-0.25, -0.2) is 0 Å². The van der Waals surface area contributed by atoms with Crippen LogP contribution < -0.4 is 0 Å². The summed E-state index contributed by atoms with van der Waals surface area (Å²) in [5, 5.41) is 0. The Hall–Kier alpha value is -1.59. The number of hydrogen-bond donors (Lipinski definition) is 0. The highest BCUT2D eigenvalue weighted by Crippen LogP contribution is 2.19. The minimum Gasteiger partial charge on any atom is -0.462 e. The van der Waals surface area contributed by atoms with E-state index < -0.39 is 6.10 Å². The van der Waals surface area contributed by atoms with E-state index in [0.29, 0.717) is 19.3 Å². The molecule has 0 aromatic heterocycles. The fourth-order valence-electron chi connectivity index (χ4n) is 10.5. The van der Waals surface area contributed by atoms with Crippen molar-refractivity contribution in [3.05, 3.63) is 0 Å². The Morgan fingerprint density at radius 3 is 0.671 bits per heavy atom. The maximum absolute atomic E-state index is 12.9. The highest BCUT2D eigenvalue weighted by Gasteiger charge is 2.19. The second-order valence-electron chi connectivity index (χ2n) is 23.6. The summed E-state index contributed by atoms with van der Waals surface area (Å²) in [7, 11) is 0. The van der Waals surface area contributed by atoms with Crippen molar-refractivity contribution in [3.8, 4) is 0 Å². The van der Waals surface area contributed by atoms with E-state index in [-0.39, 0.29) is 31.1 Å². The third-order valence-electron chi connectivity index (χ3n) is 15.5. The maximum Gasteiger partial charge on any atom is 0.306 e. The zero-order chi connectivity index (χ0) is 53.0. The molecule has 1 atom stereocenters. The Bertz CT molecular complexity index is 1110. The smallest absolute Gasteiger partial charge is 0.306 e. The van der Waals surface area contributed by atoms with Gasteiger partial charge in [-0.15, -0.1) is 0 Å². The molecule has 6 nitrogen and oxygen atoms in total. The molecule has 0 aliphatic rings. The van der Waals surface area contributed by atoms with E-state index in [9.17, 15) is 14.4 Å². The summed E-state index contributed by atoms with van der Waals surface area (Å²) in [6, 6.07) is 0. The fourth-order valence-corrected chi connectivity index (χ4v) is 10.5.